The number of rotatable bonds is 2. The molecule has 0 atom stereocenters. The Balaban J connectivity index is 2.61. The molecule has 0 spiro atoms. The maximum absolute atomic E-state index is 10.6. The molecule has 0 fully saturated rings. The Morgan fingerprint density at radius 2 is 2.20 bits per heavy atom. The Kier molecular flexibility index (Phi) is 2.40. The molecule has 2 aromatic rings. The molecule has 0 bridgehead atoms. The summed E-state index contributed by atoms with van der Waals surface area (Å²) in [4.78, 5) is 13.4. The summed E-state index contributed by atoms with van der Waals surface area (Å²) in [6.45, 7) is 0. The molecule has 0 unspecified atom stereocenters. The molecule has 0 aliphatic rings. The van der Waals surface area contributed by atoms with Gasteiger partial charge < -0.3 is 15.2 Å². The predicted molar refractivity (Wildman–Crippen MR) is 59.0 cm³/mol. The lowest BCUT2D eigenvalue weighted by atomic mass is 10.1. The number of H-pyrrole nitrogens is 1. The van der Waals surface area contributed by atoms with Gasteiger partial charge in [0.15, 0.2) is 5.75 Å². The Hall–Kier alpha value is -1.49. The van der Waals surface area contributed by atoms with E-state index in [1.54, 1.807) is 18.3 Å². The molecule has 1 aromatic heterocycles. The molecule has 0 saturated heterocycles. The van der Waals surface area contributed by atoms with E-state index >= 15 is 0 Å². The third-order valence-corrected chi connectivity index (χ3v) is 2.85. The second kappa shape index (κ2) is 3.58. The Bertz CT molecular complexity index is 533. The molecule has 1 heterocycles. The number of aromatic nitrogens is 1. The number of nitrogens with one attached hydrogen (secondary N) is 1. The second-order valence-electron chi connectivity index (χ2n) is 3.20. The van der Waals surface area contributed by atoms with Crippen LogP contribution in [0.4, 0.5) is 0 Å². The molecule has 4 nitrogen and oxygen atoms in total. The van der Waals surface area contributed by atoms with Gasteiger partial charge in [0, 0.05) is 11.6 Å². The Morgan fingerprint density at radius 1 is 1.47 bits per heavy atom. The molecule has 0 amide bonds. The summed E-state index contributed by atoms with van der Waals surface area (Å²) >= 11 is 3.19. The first-order valence-corrected chi connectivity index (χ1v) is 5.08. The van der Waals surface area contributed by atoms with Crippen LogP contribution in [0.1, 0.15) is 5.56 Å². The number of carboxylic acid groups (broad SMARTS) is 1. The second-order valence-corrected chi connectivity index (χ2v) is 4.06. The first-order chi connectivity index (χ1) is 7.09. The van der Waals surface area contributed by atoms with Crippen molar-refractivity contribution in [3.05, 3.63) is 28.4 Å². The number of aliphatic carboxylic acids is 1. The Morgan fingerprint density at radius 3 is 2.87 bits per heavy atom. The highest BCUT2D eigenvalue weighted by Crippen LogP contribution is 2.33. The molecular weight excluding hydrogens is 262 g/mol. The van der Waals surface area contributed by atoms with Gasteiger partial charge in [-0.2, -0.15) is 0 Å². The van der Waals surface area contributed by atoms with Crippen molar-refractivity contribution in [1.82, 2.24) is 4.98 Å². The first-order valence-electron chi connectivity index (χ1n) is 4.29. The van der Waals surface area contributed by atoms with Crippen LogP contribution in [0, 0.1) is 0 Å². The van der Waals surface area contributed by atoms with Gasteiger partial charge in [-0.15, -0.1) is 0 Å². The molecule has 3 N–H and O–H groups in total. The van der Waals surface area contributed by atoms with E-state index in [0.29, 0.717) is 15.6 Å². The third kappa shape index (κ3) is 1.70. The van der Waals surface area contributed by atoms with Gasteiger partial charge in [-0.1, -0.05) is 6.07 Å². The van der Waals surface area contributed by atoms with Gasteiger partial charge in [-0.05, 0) is 27.6 Å². The fourth-order valence-electron chi connectivity index (χ4n) is 1.53. The number of aromatic hydroxyl groups is 1. The number of aromatic amines is 1. The normalized spacial score (nSPS) is 10.7. The zero-order valence-corrected chi connectivity index (χ0v) is 9.21. The van der Waals surface area contributed by atoms with Gasteiger partial charge in [0.05, 0.1) is 16.4 Å². The van der Waals surface area contributed by atoms with E-state index in [-0.39, 0.29) is 12.2 Å². The standard InChI is InChI=1S/C10H8BrNO3/c11-7-2-1-6-5(3-8(13)14)4-12-9(6)10(7)15/h1-2,4,12,15H,3H2,(H,13,14). The summed E-state index contributed by atoms with van der Waals surface area (Å²) in [5, 5.41) is 19.1. The van der Waals surface area contributed by atoms with Crippen LogP contribution in [0.2, 0.25) is 0 Å². The SMILES string of the molecule is O=C(O)Cc1c[nH]c2c(O)c(Br)ccc12. The largest absolute Gasteiger partial charge is 0.505 e. The summed E-state index contributed by atoms with van der Waals surface area (Å²) in [5.74, 6) is -0.789. The molecule has 2 rings (SSSR count). The summed E-state index contributed by atoms with van der Waals surface area (Å²) in [6, 6.07) is 3.46. The highest BCUT2D eigenvalue weighted by atomic mass is 79.9. The first kappa shape index (κ1) is 10.0. The minimum absolute atomic E-state index is 0.0545. The lowest BCUT2D eigenvalue weighted by Crippen LogP contribution is -1.98. The van der Waals surface area contributed by atoms with Crippen LogP contribution in [0.3, 0.4) is 0 Å². The average molecular weight is 270 g/mol. The van der Waals surface area contributed by atoms with Crippen LogP contribution in [0.25, 0.3) is 10.9 Å². The van der Waals surface area contributed by atoms with Crippen molar-refractivity contribution in [2.24, 2.45) is 0 Å². The molecule has 0 aliphatic heterocycles. The number of phenols is 1. The summed E-state index contributed by atoms with van der Waals surface area (Å²) in [6.07, 6.45) is 1.55. The van der Waals surface area contributed by atoms with Gasteiger partial charge in [0.25, 0.3) is 0 Å². The van der Waals surface area contributed by atoms with E-state index < -0.39 is 5.97 Å². The van der Waals surface area contributed by atoms with E-state index in [1.165, 1.54) is 0 Å². The van der Waals surface area contributed by atoms with Crippen LogP contribution < -0.4 is 0 Å². The minimum atomic E-state index is -0.890. The van der Waals surface area contributed by atoms with Crippen LogP contribution in [0.5, 0.6) is 5.75 Å². The van der Waals surface area contributed by atoms with Crippen molar-refractivity contribution >= 4 is 32.8 Å². The molecule has 0 aliphatic carbocycles. The van der Waals surface area contributed by atoms with E-state index in [0.717, 1.165) is 5.39 Å². The van der Waals surface area contributed by atoms with Crippen LogP contribution in [-0.2, 0) is 11.2 Å². The average Bonchev–Trinajstić information content (AvgIpc) is 2.55. The van der Waals surface area contributed by atoms with Crippen molar-refractivity contribution in [3.63, 3.8) is 0 Å². The summed E-state index contributed by atoms with van der Waals surface area (Å²) in [5.41, 5.74) is 1.22. The topological polar surface area (TPSA) is 73.3 Å². The lowest BCUT2D eigenvalue weighted by Gasteiger charge is -1.99. The maximum atomic E-state index is 10.6. The Labute approximate surface area is 93.7 Å². The van der Waals surface area contributed by atoms with Gasteiger partial charge in [-0.3, -0.25) is 4.79 Å². The summed E-state index contributed by atoms with van der Waals surface area (Å²) in [7, 11) is 0. The monoisotopic (exact) mass is 269 g/mol. The molecule has 78 valence electrons. The fraction of sp³-hybridized carbons (Fsp3) is 0.100. The van der Waals surface area contributed by atoms with Gasteiger partial charge >= 0.3 is 5.97 Å². The molecule has 15 heavy (non-hydrogen) atoms. The zero-order chi connectivity index (χ0) is 11.0. The number of benzene rings is 1. The molecule has 0 saturated carbocycles. The van der Waals surface area contributed by atoms with Crippen molar-refractivity contribution in [1.29, 1.82) is 0 Å². The molecular formula is C10H8BrNO3. The molecule has 0 radical (unpaired) electrons. The van der Waals surface area contributed by atoms with E-state index in [2.05, 4.69) is 20.9 Å². The highest BCUT2D eigenvalue weighted by Gasteiger charge is 2.11. The summed E-state index contributed by atoms with van der Waals surface area (Å²) < 4.78 is 0.582. The number of halogens is 1. The van der Waals surface area contributed by atoms with Gasteiger partial charge in [-0.25, -0.2) is 0 Å². The number of hydrogen-bond donors (Lipinski definition) is 3. The number of carboxylic acids is 1. The minimum Gasteiger partial charge on any atom is -0.505 e. The van der Waals surface area contributed by atoms with Crippen molar-refractivity contribution in [3.8, 4) is 5.75 Å². The van der Waals surface area contributed by atoms with Crippen molar-refractivity contribution in [2.75, 3.05) is 0 Å². The number of carbonyl (C=O) groups is 1. The van der Waals surface area contributed by atoms with Crippen LogP contribution in [0.15, 0.2) is 22.8 Å². The highest BCUT2D eigenvalue weighted by molar-refractivity contribution is 9.10. The van der Waals surface area contributed by atoms with E-state index in [1.807, 2.05) is 0 Å². The quantitative estimate of drug-likeness (QED) is 0.783. The van der Waals surface area contributed by atoms with Crippen molar-refractivity contribution in [2.45, 2.75) is 6.42 Å². The number of phenolic OH excluding ortho intramolecular Hbond substituents is 1. The number of hydrogen-bond acceptors (Lipinski definition) is 2. The fourth-order valence-corrected chi connectivity index (χ4v) is 1.86. The van der Waals surface area contributed by atoms with Crippen LogP contribution in [-0.4, -0.2) is 21.2 Å². The zero-order valence-electron chi connectivity index (χ0n) is 7.62. The van der Waals surface area contributed by atoms with E-state index in [9.17, 15) is 9.90 Å². The molecule has 1 aromatic carbocycles. The van der Waals surface area contributed by atoms with Crippen molar-refractivity contribution < 1.29 is 15.0 Å². The van der Waals surface area contributed by atoms with Gasteiger partial charge in [0.2, 0.25) is 0 Å². The van der Waals surface area contributed by atoms with Gasteiger partial charge in [0.1, 0.15) is 0 Å². The smallest absolute Gasteiger partial charge is 0.307 e. The molecule has 5 heteroatoms. The lowest BCUT2D eigenvalue weighted by molar-refractivity contribution is -0.136. The third-order valence-electron chi connectivity index (χ3n) is 2.21. The maximum Gasteiger partial charge on any atom is 0.307 e. The number of fused-ring (bicyclic) bond motifs is 1. The van der Waals surface area contributed by atoms with Crippen LogP contribution >= 0.6 is 15.9 Å². The van der Waals surface area contributed by atoms with E-state index in [4.69, 9.17) is 5.11 Å². The predicted octanol–water partition coefficient (Wildman–Crippen LogP) is 2.26.